The predicted octanol–water partition coefficient (Wildman–Crippen LogP) is 3.51. The quantitative estimate of drug-likeness (QED) is 0.516. The molecule has 0 radical (unpaired) electrons. The van der Waals surface area contributed by atoms with E-state index in [1.807, 2.05) is 29.6 Å². The highest BCUT2D eigenvalue weighted by Gasteiger charge is 2.14. The Labute approximate surface area is 171 Å². The Morgan fingerprint density at radius 1 is 1.00 bits per heavy atom. The minimum absolute atomic E-state index is 0.238. The molecule has 4 aromatic rings. The topological polar surface area (TPSA) is 88.9 Å². The van der Waals surface area contributed by atoms with Crippen LogP contribution in [0.3, 0.4) is 0 Å². The molecule has 2 amide bonds. The molecule has 0 aliphatic rings. The summed E-state index contributed by atoms with van der Waals surface area (Å²) in [6, 6.07) is 16.0. The van der Waals surface area contributed by atoms with Gasteiger partial charge in [-0.25, -0.2) is 9.67 Å². The monoisotopic (exact) mass is 403 g/mol. The van der Waals surface area contributed by atoms with Crippen LogP contribution in [-0.2, 0) is 6.54 Å². The van der Waals surface area contributed by atoms with Gasteiger partial charge >= 0.3 is 0 Å². The van der Waals surface area contributed by atoms with Crippen LogP contribution in [-0.4, -0.2) is 26.6 Å². The lowest BCUT2D eigenvalue weighted by Crippen LogP contribution is -2.25. The molecule has 0 saturated carbocycles. The molecule has 7 nitrogen and oxygen atoms in total. The Hall–Kier alpha value is -3.78. The Morgan fingerprint density at radius 3 is 2.69 bits per heavy atom. The number of amides is 2. The second-order valence-electron chi connectivity index (χ2n) is 6.13. The summed E-state index contributed by atoms with van der Waals surface area (Å²) < 4.78 is 1.65. The van der Waals surface area contributed by atoms with Gasteiger partial charge in [0.15, 0.2) is 5.82 Å². The molecule has 0 unspecified atom stereocenters. The minimum atomic E-state index is -0.274. The van der Waals surface area contributed by atoms with Crippen molar-refractivity contribution < 1.29 is 9.59 Å². The summed E-state index contributed by atoms with van der Waals surface area (Å²) in [5.41, 5.74) is 1.76. The number of carbonyl (C=O) groups is 2. The van der Waals surface area contributed by atoms with Gasteiger partial charge in [0, 0.05) is 25.1 Å². The molecule has 0 fully saturated rings. The van der Waals surface area contributed by atoms with Crippen molar-refractivity contribution in [1.82, 2.24) is 20.1 Å². The van der Waals surface area contributed by atoms with E-state index in [2.05, 4.69) is 20.7 Å². The van der Waals surface area contributed by atoms with Crippen LogP contribution in [0.2, 0.25) is 0 Å². The first kappa shape index (κ1) is 18.6. The molecule has 0 saturated heterocycles. The van der Waals surface area contributed by atoms with Crippen LogP contribution in [0.5, 0.6) is 0 Å². The molecular weight excluding hydrogens is 386 g/mol. The van der Waals surface area contributed by atoms with Crippen LogP contribution in [0.25, 0.3) is 5.82 Å². The number of para-hydroxylation sites is 1. The Bertz CT molecular complexity index is 1120. The number of thiophene rings is 1. The first-order valence-corrected chi connectivity index (χ1v) is 9.76. The molecule has 29 heavy (non-hydrogen) atoms. The number of aromatic nitrogens is 3. The molecule has 0 aliphatic carbocycles. The van der Waals surface area contributed by atoms with E-state index in [0.29, 0.717) is 28.5 Å². The minimum Gasteiger partial charge on any atom is -0.348 e. The van der Waals surface area contributed by atoms with Gasteiger partial charge in [-0.3, -0.25) is 9.59 Å². The number of pyridine rings is 1. The van der Waals surface area contributed by atoms with Crippen LogP contribution < -0.4 is 10.6 Å². The molecule has 0 aliphatic heterocycles. The third-order valence-electron chi connectivity index (χ3n) is 4.17. The molecule has 3 aromatic heterocycles. The van der Waals surface area contributed by atoms with Crippen molar-refractivity contribution in [3.8, 4) is 5.82 Å². The number of nitrogens with one attached hydrogen (secondary N) is 2. The fraction of sp³-hybridized carbons (Fsp3) is 0.0476. The zero-order valence-electron chi connectivity index (χ0n) is 15.3. The van der Waals surface area contributed by atoms with Crippen LogP contribution in [0.4, 0.5) is 5.69 Å². The maximum absolute atomic E-state index is 12.7. The van der Waals surface area contributed by atoms with Gasteiger partial charge in [-0.15, -0.1) is 11.3 Å². The first-order valence-electron chi connectivity index (χ1n) is 8.88. The van der Waals surface area contributed by atoms with Crippen molar-refractivity contribution in [3.63, 3.8) is 0 Å². The molecule has 4 rings (SSSR count). The number of rotatable bonds is 6. The molecule has 1 aromatic carbocycles. The average molecular weight is 403 g/mol. The lowest BCUT2D eigenvalue weighted by Gasteiger charge is -2.11. The molecule has 0 bridgehead atoms. The number of carbonyl (C=O) groups excluding carboxylic acids is 2. The summed E-state index contributed by atoms with van der Waals surface area (Å²) in [6.07, 6.45) is 5.16. The predicted molar refractivity (Wildman–Crippen MR) is 111 cm³/mol. The second-order valence-corrected chi connectivity index (χ2v) is 7.08. The van der Waals surface area contributed by atoms with Gasteiger partial charge in [-0.1, -0.05) is 18.2 Å². The third kappa shape index (κ3) is 4.39. The van der Waals surface area contributed by atoms with Crippen molar-refractivity contribution in [1.29, 1.82) is 0 Å². The normalized spacial score (nSPS) is 10.5. The average Bonchev–Trinajstić information content (AvgIpc) is 3.47. The van der Waals surface area contributed by atoms with E-state index in [4.69, 9.17) is 0 Å². The highest BCUT2D eigenvalue weighted by atomic mass is 32.1. The van der Waals surface area contributed by atoms with Crippen molar-refractivity contribution >= 4 is 28.8 Å². The largest absolute Gasteiger partial charge is 0.348 e. The molecule has 0 spiro atoms. The molecule has 8 heteroatoms. The second kappa shape index (κ2) is 8.49. The van der Waals surface area contributed by atoms with E-state index in [9.17, 15) is 9.59 Å². The van der Waals surface area contributed by atoms with Crippen molar-refractivity contribution in [2.45, 2.75) is 6.54 Å². The van der Waals surface area contributed by atoms with Gasteiger partial charge in [-0.05, 0) is 47.3 Å². The van der Waals surface area contributed by atoms with Crippen LogP contribution in [0.15, 0.2) is 78.6 Å². The summed E-state index contributed by atoms with van der Waals surface area (Å²) in [4.78, 5) is 29.9. The maximum atomic E-state index is 12.7. The van der Waals surface area contributed by atoms with Crippen LogP contribution in [0, 0.1) is 0 Å². The van der Waals surface area contributed by atoms with Crippen molar-refractivity contribution in [2.75, 3.05) is 5.32 Å². The highest BCUT2D eigenvalue weighted by Crippen LogP contribution is 2.18. The van der Waals surface area contributed by atoms with Gasteiger partial charge in [-0.2, -0.15) is 5.10 Å². The molecule has 3 heterocycles. The Balaban J connectivity index is 1.45. The molecule has 144 valence electrons. The van der Waals surface area contributed by atoms with Gasteiger partial charge in [0.05, 0.1) is 16.1 Å². The smallest absolute Gasteiger partial charge is 0.265 e. The van der Waals surface area contributed by atoms with E-state index >= 15 is 0 Å². The molecule has 2 N–H and O–H groups in total. The van der Waals surface area contributed by atoms with E-state index < -0.39 is 0 Å². The van der Waals surface area contributed by atoms with Gasteiger partial charge in [0.1, 0.15) is 0 Å². The summed E-state index contributed by atoms with van der Waals surface area (Å²) in [5, 5.41) is 11.7. The standard InChI is InChI=1S/C21H17N5O2S/c27-20(23-14-15-8-10-22-19(13-15)26-11-4-9-24-26)16-5-1-2-6-17(16)25-21(28)18-7-3-12-29-18/h1-13H,14H2,(H,23,27)(H,25,28). The SMILES string of the molecule is O=C(Nc1ccccc1C(=O)NCc1ccnc(-n2cccn2)c1)c1cccs1. The van der Waals surface area contributed by atoms with Crippen molar-refractivity contribution in [3.05, 3.63) is 94.6 Å². The fourth-order valence-corrected chi connectivity index (χ4v) is 3.38. The number of anilines is 1. The van der Waals surface area contributed by atoms with Crippen LogP contribution >= 0.6 is 11.3 Å². The number of hydrogen-bond donors (Lipinski definition) is 2. The highest BCUT2D eigenvalue weighted by molar-refractivity contribution is 7.12. The van der Waals surface area contributed by atoms with E-state index in [-0.39, 0.29) is 11.8 Å². The zero-order chi connectivity index (χ0) is 20.1. The van der Waals surface area contributed by atoms with Gasteiger partial charge in [0.25, 0.3) is 11.8 Å². The Morgan fingerprint density at radius 2 is 1.90 bits per heavy atom. The van der Waals surface area contributed by atoms with Gasteiger partial charge in [0.2, 0.25) is 0 Å². The first-order chi connectivity index (χ1) is 14.2. The summed E-state index contributed by atoms with van der Waals surface area (Å²) in [6.45, 7) is 0.322. The third-order valence-corrected chi connectivity index (χ3v) is 5.04. The van der Waals surface area contributed by atoms with Gasteiger partial charge < -0.3 is 10.6 Å². The lowest BCUT2D eigenvalue weighted by molar-refractivity contribution is 0.0951. The van der Waals surface area contributed by atoms with E-state index in [1.54, 1.807) is 53.6 Å². The maximum Gasteiger partial charge on any atom is 0.265 e. The number of benzene rings is 1. The number of nitrogens with zero attached hydrogens (tertiary/aromatic N) is 3. The summed E-state index contributed by atoms with van der Waals surface area (Å²) in [7, 11) is 0. The van der Waals surface area contributed by atoms with Crippen LogP contribution in [0.1, 0.15) is 25.6 Å². The molecular formula is C21H17N5O2S. The lowest BCUT2D eigenvalue weighted by atomic mass is 10.1. The van der Waals surface area contributed by atoms with Crippen molar-refractivity contribution in [2.24, 2.45) is 0 Å². The fourth-order valence-electron chi connectivity index (χ4n) is 2.76. The summed E-state index contributed by atoms with van der Waals surface area (Å²) in [5.74, 6) is 0.160. The summed E-state index contributed by atoms with van der Waals surface area (Å²) >= 11 is 1.35. The van der Waals surface area contributed by atoms with E-state index in [1.165, 1.54) is 11.3 Å². The Kier molecular flexibility index (Phi) is 5.44. The zero-order valence-corrected chi connectivity index (χ0v) is 16.1. The number of hydrogen-bond acceptors (Lipinski definition) is 5. The molecule has 0 atom stereocenters. The van der Waals surface area contributed by atoms with E-state index in [0.717, 1.165) is 5.56 Å².